The highest BCUT2D eigenvalue weighted by Crippen LogP contribution is 2.30. The Morgan fingerprint density at radius 1 is 1.26 bits per heavy atom. The van der Waals surface area contributed by atoms with E-state index in [-0.39, 0.29) is 31.2 Å². The Morgan fingerprint density at radius 3 is 2.41 bits per heavy atom. The first-order valence-electron chi connectivity index (χ1n) is 8.51. The van der Waals surface area contributed by atoms with Gasteiger partial charge in [-0.05, 0) is 51.2 Å². The molecule has 0 spiro atoms. The number of nitrogens with one attached hydrogen (secondary N) is 2. The minimum Gasteiger partial charge on any atom is -0.672 e. The highest BCUT2D eigenvalue weighted by atomic mass is 19.4. The summed E-state index contributed by atoms with van der Waals surface area (Å²) in [6.45, 7) is 2.66. The minimum absolute atomic E-state index is 0.00804. The molecule has 27 heavy (non-hydrogen) atoms. The molecule has 1 amide bonds. The molecule has 1 rings (SSSR count). The van der Waals surface area contributed by atoms with Crippen LogP contribution in [0.4, 0.5) is 17.6 Å². The Balaban J connectivity index is 2.75. The zero-order valence-corrected chi connectivity index (χ0v) is 15.2. The summed E-state index contributed by atoms with van der Waals surface area (Å²) in [6.07, 6.45) is -6.14. The molecular weight excluding hydrogens is 368 g/mol. The molecule has 0 saturated carbocycles. The number of amides is 1. The lowest BCUT2D eigenvalue weighted by Crippen LogP contribution is -2.35. The van der Waals surface area contributed by atoms with Crippen LogP contribution in [-0.4, -0.2) is 34.0 Å². The first kappa shape index (κ1) is 23.3. The van der Waals surface area contributed by atoms with Gasteiger partial charge in [-0.3, -0.25) is 10.0 Å². The summed E-state index contributed by atoms with van der Waals surface area (Å²) in [6, 6.07) is 3.30. The lowest BCUT2D eigenvalue weighted by molar-refractivity contribution is -0.137. The van der Waals surface area contributed by atoms with E-state index in [1.165, 1.54) is 31.5 Å². The molecule has 0 saturated heterocycles. The number of aliphatic hydroxyl groups is 1. The van der Waals surface area contributed by atoms with Crippen LogP contribution in [0.2, 0.25) is 0 Å². The quantitative estimate of drug-likeness (QED) is 0.335. The Kier molecular flexibility index (Phi) is 8.19. The van der Waals surface area contributed by atoms with Gasteiger partial charge in [-0.2, -0.15) is 13.2 Å². The van der Waals surface area contributed by atoms with Crippen molar-refractivity contribution in [1.29, 1.82) is 0 Å². The van der Waals surface area contributed by atoms with Crippen molar-refractivity contribution in [1.82, 2.24) is 5.48 Å². The number of carbonyl (C=O) groups excluding carboxylic acids is 1. The van der Waals surface area contributed by atoms with Crippen molar-refractivity contribution in [3.05, 3.63) is 41.1 Å². The molecule has 0 aromatic heterocycles. The zero-order valence-electron chi connectivity index (χ0n) is 15.2. The predicted molar refractivity (Wildman–Crippen MR) is 91.7 cm³/mol. The van der Waals surface area contributed by atoms with E-state index in [0.29, 0.717) is 0 Å². The normalized spacial score (nSPS) is 15.9. The highest BCUT2D eigenvalue weighted by molar-refractivity contribution is 5.77. The minimum atomic E-state index is -4.50. The predicted octanol–water partition coefficient (Wildman–Crippen LogP) is 4.07. The van der Waals surface area contributed by atoms with E-state index < -0.39 is 41.4 Å². The molecule has 0 heterocycles. The number of benzene rings is 1. The number of hydrogen-bond donors (Lipinski definition) is 3. The van der Waals surface area contributed by atoms with Crippen molar-refractivity contribution in [2.24, 2.45) is 5.92 Å². The molecule has 154 valence electrons. The van der Waals surface area contributed by atoms with Gasteiger partial charge < -0.3 is 10.8 Å². The Bertz CT molecular complexity index is 617. The molecule has 0 fully saturated rings. The fraction of sp³-hybridized carbons (Fsp3) is 0.611. The van der Waals surface area contributed by atoms with Crippen molar-refractivity contribution in [2.75, 3.05) is 0 Å². The van der Waals surface area contributed by atoms with Gasteiger partial charge in [0.05, 0.1) is 5.56 Å². The molecule has 0 radical (unpaired) electrons. The van der Waals surface area contributed by atoms with E-state index >= 15 is 0 Å². The summed E-state index contributed by atoms with van der Waals surface area (Å²) in [4.78, 5) is 11.7. The molecule has 3 unspecified atom stereocenters. The summed E-state index contributed by atoms with van der Waals surface area (Å²) >= 11 is 0. The number of hydrogen-bond acceptors (Lipinski definition) is 3. The molecule has 0 aliphatic carbocycles. The van der Waals surface area contributed by atoms with Gasteiger partial charge in [0, 0.05) is 12.0 Å². The lowest BCUT2D eigenvalue weighted by atomic mass is 9.88. The molecule has 1 aromatic rings. The van der Waals surface area contributed by atoms with Crippen LogP contribution in [0.3, 0.4) is 0 Å². The van der Waals surface area contributed by atoms with E-state index in [4.69, 9.17) is 10.9 Å². The van der Waals surface area contributed by atoms with Gasteiger partial charge >= 0.3 is 6.18 Å². The SMILES string of the molecule is CC(C)(F)CCC(CC(O)C([NH-])Cc1cccc(C(F)(F)F)c1)C(=O)NO. The van der Waals surface area contributed by atoms with Gasteiger partial charge in [-0.25, -0.2) is 9.87 Å². The zero-order chi connectivity index (χ0) is 20.8. The number of hydroxylamine groups is 1. The largest absolute Gasteiger partial charge is 0.672 e. The Morgan fingerprint density at radius 2 is 1.89 bits per heavy atom. The lowest BCUT2D eigenvalue weighted by Gasteiger charge is -2.30. The van der Waals surface area contributed by atoms with Crippen molar-refractivity contribution < 1.29 is 32.7 Å². The first-order valence-corrected chi connectivity index (χ1v) is 8.51. The van der Waals surface area contributed by atoms with Gasteiger partial charge in [-0.15, -0.1) is 6.04 Å². The van der Waals surface area contributed by atoms with Crippen molar-refractivity contribution in [2.45, 2.75) is 63.5 Å². The molecule has 9 heteroatoms. The van der Waals surface area contributed by atoms with Crippen LogP contribution in [0.1, 0.15) is 44.2 Å². The molecule has 0 bridgehead atoms. The molecule has 0 aliphatic heterocycles. The van der Waals surface area contributed by atoms with E-state index in [1.54, 1.807) is 0 Å². The number of alkyl halides is 4. The number of aliphatic hydroxyl groups excluding tert-OH is 1. The van der Waals surface area contributed by atoms with Crippen LogP contribution >= 0.6 is 0 Å². The average Bonchev–Trinajstić information content (AvgIpc) is 2.56. The molecular formula is C18H25F4N2O3-. The van der Waals surface area contributed by atoms with E-state index in [0.717, 1.165) is 12.1 Å². The third kappa shape index (κ3) is 8.23. The maximum Gasteiger partial charge on any atom is 0.416 e. The molecule has 3 atom stereocenters. The number of rotatable bonds is 9. The molecule has 0 aliphatic rings. The first-order chi connectivity index (χ1) is 12.3. The fourth-order valence-corrected chi connectivity index (χ4v) is 2.69. The monoisotopic (exact) mass is 393 g/mol. The standard InChI is InChI=1S/C18H25F4N2O3/c1-17(2,19)7-6-12(16(26)24-27)10-15(25)14(23)9-11-4-3-5-13(8-11)18(20,21)22/h3-5,8,12,14-15,23,25,27H,6-7,9-10H2,1-2H3,(H,24,26)/q-1. The van der Waals surface area contributed by atoms with E-state index in [9.17, 15) is 27.5 Å². The Labute approximate surface area is 155 Å². The maximum absolute atomic E-state index is 13.6. The average molecular weight is 393 g/mol. The van der Waals surface area contributed by atoms with Crippen LogP contribution in [0.25, 0.3) is 5.73 Å². The maximum atomic E-state index is 13.6. The highest BCUT2D eigenvalue weighted by Gasteiger charge is 2.30. The topological polar surface area (TPSA) is 93.4 Å². The van der Waals surface area contributed by atoms with Crippen LogP contribution in [-0.2, 0) is 17.4 Å². The van der Waals surface area contributed by atoms with Gasteiger partial charge in [0.2, 0.25) is 5.91 Å². The third-order valence-corrected chi connectivity index (χ3v) is 4.27. The van der Waals surface area contributed by atoms with Crippen LogP contribution in [0.15, 0.2) is 24.3 Å². The van der Waals surface area contributed by atoms with Crippen LogP contribution < -0.4 is 5.48 Å². The smallest absolute Gasteiger partial charge is 0.416 e. The second-order valence-electron chi connectivity index (χ2n) is 7.24. The van der Waals surface area contributed by atoms with Crippen LogP contribution in [0.5, 0.6) is 0 Å². The Hall–Kier alpha value is -1.71. The van der Waals surface area contributed by atoms with Crippen LogP contribution in [0, 0.1) is 5.92 Å². The van der Waals surface area contributed by atoms with Gasteiger partial charge in [0.1, 0.15) is 5.67 Å². The summed E-state index contributed by atoms with van der Waals surface area (Å²) in [5, 5.41) is 19.0. The summed E-state index contributed by atoms with van der Waals surface area (Å²) < 4.78 is 51.9. The second kappa shape index (κ2) is 9.48. The molecule has 4 N–H and O–H groups in total. The number of carbonyl (C=O) groups is 1. The summed E-state index contributed by atoms with van der Waals surface area (Å²) in [7, 11) is 0. The van der Waals surface area contributed by atoms with Crippen molar-refractivity contribution in [3.8, 4) is 0 Å². The van der Waals surface area contributed by atoms with Crippen molar-refractivity contribution >= 4 is 5.91 Å². The fourth-order valence-electron chi connectivity index (χ4n) is 2.69. The number of halogens is 4. The van der Waals surface area contributed by atoms with Gasteiger partial charge in [0.25, 0.3) is 0 Å². The van der Waals surface area contributed by atoms with E-state index in [1.807, 2.05) is 0 Å². The third-order valence-electron chi connectivity index (χ3n) is 4.27. The van der Waals surface area contributed by atoms with Gasteiger partial charge in [-0.1, -0.05) is 18.2 Å². The molecule has 1 aromatic carbocycles. The van der Waals surface area contributed by atoms with E-state index in [2.05, 4.69) is 0 Å². The summed E-state index contributed by atoms with van der Waals surface area (Å²) in [5.41, 5.74) is 7.30. The van der Waals surface area contributed by atoms with Gasteiger partial charge in [0.15, 0.2) is 0 Å². The second-order valence-corrected chi connectivity index (χ2v) is 7.24. The summed E-state index contributed by atoms with van der Waals surface area (Å²) in [5.74, 6) is -1.72. The molecule has 5 nitrogen and oxygen atoms in total. The van der Waals surface area contributed by atoms with Crippen molar-refractivity contribution in [3.63, 3.8) is 0 Å².